The van der Waals surface area contributed by atoms with E-state index in [0.717, 1.165) is 0 Å². The van der Waals surface area contributed by atoms with Gasteiger partial charge in [0.05, 0.1) is 15.9 Å². The van der Waals surface area contributed by atoms with Crippen molar-refractivity contribution in [3.63, 3.8) is 0 Å². The van der Waals surface area contributed by atoms with Gasteiger partial charge in [-0.05, 0) is 55.5 Å². The largest absolute Gasteiger partial charge is 0.332 e. The van der Waals surface area contributed by atoms with E-state index in [2.05, 4.69) is 10.3 Å². The fourth-order valence-corrected chi connectivity index (χ4v) is 2.96. The molecule has 1 heterocycles. The number of H-pyrrole nitrogens is 1. The van der Waals surface area contributed by atoms with Crippen LogP contribution in [0.25, 0.3) is 10.9 Å². The summed E-state index contributed by atoms with van der Waals surface area (Å²) in [4.78, 5) is 27.7. The quantitative estimate of drug-likeness (QED) is 0.674. The van der Waals surface area contributed by atoms with E-state index in [-0.39, 0.29) is 10.6 Å². The monoisotopic (exact) mass is 377 g/mol. The maximum absolute atomic E-state index is 13.2. The molecular formula is C17H13ClFN3O2S. The summed E-state index contributed by atoms with van der Waals surface area (Å²) < 4.78 is 14.9. The van der Waals surface area contributed by atoms with E-state index in [9.17, 15) is 14.0 Å². The highest BCUT2D eigenvalue weighted by molar-refractivity contribution is 7.71. The first-order valence-electron chi connectivity index (χ1n) is 7.44. The maximum atomic E-state index is 13.2. The minimum absolute atomic E-state index is 0.0829. The third-order valence-electron chi connectivity index (χ3n) is 3.74. The summed E-state index contributed by atoms with van der Waals surface area (Å²) in [5.41, 5.74) is 0.959. The lowest BCUT2D eigenvalue weighted by atomic mass is 10.1. The number of carbonyl (C=O) groups is 1. The summed E-state index contributed by atoms with van der Waals surface area (Å²) in [6.07, 6.45) is 0. The van der Waals surface area contributed by atoms with Gasteiger partial charge in [0.2, 0.25) is 0 Å². The van der Waals surface area contributed by atoms with Crippen LogP contribution in [0.3, 0.4) is 0 Å². The van der Waals surface area contributed by atoms with Gasteiger partial charge in [0.25, 0.3) is 11.5 Å². The fourth-order valence-electron chi connectivity index (χ4n) is 2.46. The van der Waals surface area contributed by atoms with Crippen LogP contribution in [-0.4, -0.2) is 15.5 Å². The van der Waals surface area contributed by atoms with Gasteiger partial charge >= 0.3 is 0 Å². The minimum Gasteiger partial charge on any atom is -0.332 e. The predicted molar refractivity (Wildman–Crippen MR) is 98.4 cm³/mol. The second-order valence-corrected chi connectivity index (χ2v) is 6.12. The van der Waals surface area contributed by atoms with Gasteiger partial charge in [-0.15, -0.1) is 0 Å². The Balaban J connectivity index is 1.98. The van der Waals surface area contributed by atoms with E-state index >= 15 is 0 Å². The zero-order valence-corrected chi connectivity index (χ0v) is 14.7. The molecule has 8 heteroatoms. The van der Waals surface area contributed by atoms with E-state index in [0.29, 0.717) is 33.5 Å². The molecule has 1 aromatic heterocycles. The van der Waals surface area contributed by atoms with Crippen LogP contribution in [0.4, 0.5) is 10.1 Å². The highest BCUT2D eigenvalue weighted by Gasteiger charge is 2.11. The Labute approximate surface area is 152 Å². The van der Waals surface area contributed by atoms with Gasteiger partial charge in [-0.1, -0.05) is 11.6 Å². The van der Waals surface area contributed by atoms with Crippen LogP contribution in [0, 0.1) is 10.6 Å². The smallest absolute Gasteiger partial charge is 0.262 e. The number of hydrogen-bond acceptors (Lipinski definition) is 3. The summed E-state index contributed by atoms with van der Waals surface area (Å²) in [6, 6.07) is 8.56. The number of aromatic nitrogens is 2. The first kappa shape index (κ1) is 17.3. The van der Waals surface area contributed by atoms with E-state index in [1.807, 2.05) is 6.92 Å². The molecule has 0 saturated heterocycles. The van der Waals surface area contributed by atoms with Crippen molar-refractivity contribution in [2.75, 3.05) is 5.32 Å². The van der Waals surface area contributed by atoms with Crippen LogP contribution >= 0.6 is 23.8 Å². The second kappa shape index (κ2) is 6.78. The molecule has 1 amide bonds. The molecule has 0 aliphatic rings. The molecule has 2 N–H and O–H groups in total. The fraction of sp³-hybridized carbons (Fsp3) is 0.118. The van der Waals surface area contributed by atoms with Crippen molar-refractivity contribution in [2.45, 2.75) is 13.5 Å². The van der Waals surface area contributed by atoms with Gasteiger partial charge in [-0.25, -0.2) is 4.39 Å². The molecule has 5 nitrogen and oxygen atoms in total. The summed E-state index contributed by atoms with van der Waals surface area (Å²) in [6.45, 7) is 2.28. The summed E-state index contributed by atoms with van der Waals surface area (Å²) >= 11 is 10.9. The lowest BCUT2D eigenvalue weighted by Crippen LogP contribution is -2.21. The Morgan fingerprint density at radius 2 is 2.08 bits per heavy atom. The van der Waals surface area contributed by atoms with Crippen LogP contribution in [0.1, 0.15) is 17.3 Å². The number of nitrogens with one attached hydrogen (secondary N) is 2. The highest BCUT2D eigenvalue weighted by Crippen LogP contribution is 2.20. The number of anilines is 1. The number of hydrogen-bond donors (Lipinski definition) is 2. The van der Waals surface area contributed by atoms with Crippen molar-refractivity contribution < 1.29 is 9.18 Å². The predicted octanol–water partition coefficient (Wildman–Crippen LogP) is 4.12. The van der Waals surface area contributed by atoms with Gasteiger partial charge in [-0.3, -0.25) is 14.2 Å². The van der Waals surface area contributed by atoms with Gasteiger partial charge in [0.1, 0.15) is 5.82 Å². The number of rotatable bonds is 3. The molecule has 0 atom stereocenters. The van der Waals surface area contributed by atoms with Gasteiger partial charge < -0.3 is 10.3 Å². The van der Waals surface area contributed by atoms with Crippen molar-refractivity contribution in [3.05, 3.63) is 67.9 Å². The lowest BCUT2D eigenvalue weighted by Gasteiger charge is -2.08. The number of benzene rings is 2. The SMILES string of the molecule is CCn1c(=S)[nH]c2cc(C(=O)Nc3ccc(F)c(Cl)c3)ccc2c1=O. The van der Waals surface area contributed by atoms with Crippen LogP contribution in [0.5, 0.6) is 0 Å². The minimum atomic E-state index is -0.565. The molecule has 0 saturated carbocycles. The normalized spacial score (nSPS) is 10.8. The second-order valence-electron chi connectivity index (χ2n) is 5.32. The number of nitrogens with zero attached hydrogens (tertiary/aromatic N) is 1. The van der Waals surface area contributed by atoms with Crippen molar-refractivity contribution in [1.82, 2.24) is 9.55 Å². The maximum Gasteiger partial charge on any atom is 0.262 e. The zero-order chi connectivity index (χ0) is 18.1. The van der Waals surface area contributed by atoms with Crippen LogP contribution in [0.15, 0.2) is 41.2 Å². The van der Waals surface area contributed by atoms with Crippen molar-refractivity contribution >= 4 is 46.3 Å². The number of aromatic amines is 1. The topological polar surface area (TPSA) is 66.9 Å². The van der Waals surface area contributed by atoms with E-state index in [4.69, 9.17) is 23.8 Å². The molecule has 0 aliphatic carbocycles. The number of fused-ring (bicyclic) bond motifs is 1. The molecule has 0 spiro atoms. The number of amides is 1. The molecule has 0 aliphatic heterocycles. The van der Waals surface area contributed by atoms with Gasteiger partial charge in [-0.2, -0.15) is 0 Å². The zero-order valence-electron chi connectivity index (χ0n) is 13.1. The number of carbonyl (C=O) groups excluding carboxylic acids is 1. The Morgan fingerprint density at radius 3 is 2.76 bits per heavy atom. The average Bonchev–Trinajstić information content (AvgIpc) is 2.58. The Bertz CT molecular complexity index is 1110. The molecular weight excluding hydrogens is 365 g/mol. The highest BCUT2D eigenvalue weighted by atomic mass is 35.5. The van der Waals surface area contributed by atoms with Crippen molar-refractivity contribution in [1.29, 1.82) is 0 Å². The molecule has 0 bridgehead atoms. The Kier molecular flexibility index (Phi) is 4.69. The van der Waals surface area contributed by atoms with Crippen LogP contribution in [-0.2, 0) is 6.54 Å². The molecule has 3 aromatic rings. The van der Waals surface area contributed by atoms with Gasteiger partial charge in [0.15, 0.2) is 4.77 Å². The van der Waals surface area contributed by atoms with Crippen molar-refractivity contribution in [3.8, 4) is 0 Å². The molecule has 0 radical (unpaired) electrons. The standard InChI is InChI=1S/C17H13ClFN3O2S/c1-2-22-16(24)11-5-3-9(7-14(11)21-17(22)25)15(23)20-10-4-6-13(19)12(18)8-10/h3-8H,2H2,1H3,(H,20,23)(H,21,25). The Morgan fingerprint density at radius 1 is 1.32 bits per heavy atom. The summed E-state index contributed by atoms with van der Waals surface area (Å²) in [7, 11) is 0. The molecule has 128 valence electrons. The number of halogens is 2. The third kappa shape index (κ3) is 3.33. The molecule has 3 rings (SSSR count). The van der Waals surface area contributed by atoms with E-state index < -0.39 is 11.7 Å². The first-order chi connectivity index (χ1) is 11.9. The van der Waals surface area contributed by atoms with Crippen LogP contribution in [0.2, 0.25) is 5.02 Å². The third-order valence-corrected chi connectivity index (χ3v) is 4.35. The summed E-state index contributed by atoms with van der Waals surface area (Å²) in [5, 5.41) is 2.99. The first-order valence-corrected chi connectivity index (χ1v) is 8.22. The van der Waals surface area contributed by atoms with Gasteiger partial charge in [0, 0.05) is 17.8 Å². The molecule has 25 heavy (non-hydrogen) atoms. The molecule has 0 fully saturated rings. The van der Waals surface area contributed by atoms with Crippen molar-refractivity contribution in [2.24, 2.45) is 0 Å². The molecule has 0 unspecified atom stereocenters. The average molecular weight is 378 g/mol. The Hall–Kier alpha value is -2.51. The summed E-state index contributed by atoms with van der Waals surface area (Å²) in [5.74, 6) is -0.978. The van der Waals surface area contributed by atoms with Crippen LogP contribution < -0.4 is 10.9 Å². The molecule has 2 aromatic carbocycles. The van der Waals surface area contributed by atoms with E-state index in [1.54, 1.807) is 18.2 Å². The van der Waals surface area contributed by atoms with E-state index in [1.165, 1.54) is 22.8 Å². The lowest BCUT2D eigenvalue weighted by molar-refractivity contribution is 0.102.